The highest BCUT2D eigenvalue weighted by atomic mass is 32.1. The molecule has 0 aliphatic rings. The monoisotopic (exact) mass is 290 g/mol. The Morgan fingerprint density at radius 3 is 2.65 bits per heavy atom. The van der Waals surface area contributed by atoms with Gasteiger partial charge in [-0.1, -0.05) is 0 Å². The van der Waals surface area contributed by atoms with Crippen LogP contribution in [0.3, 0.4) is 0 Å². The van der Waals surface area contributed by atoms with Crippen LogP contribution in [0.5, 0.6) is 0 Å². The Morgan fingerprint density at radius 1 is 1.40 bits per heavy atom. The third kappa shape index (κ3) is 2.67. The molecule has 2 rings (SSSR count). The quantitative estimate of drug-likeness (QED) is 0.643. The van der Waals surface area contributed by atoms with E-state index in [0.29, 0.717) is 0 Å². The predicted molar refractivity (Wildman–Crippen MR) is 81.7 cm³/mol. The minimum Gasteiger partial charge on any atom is -0.466 e. The van der Waals surface area contributed by atoms with Crippen LogP contribution in [-0.2, 0) is 16.6 Å². The molecule has 20 heavy (non-hydrogen) atoms. The minimum atomic E-state index is -0.328. The van der Waals surface area contributed by atoms with E-state index in [-0.39, 0.29) is 5.97 Å². The number of thiophene rings is 1. The van der Waals surface area contributed by atoms with Gasteiger partial charge in [-0.2, -0.15) is 5.10 Å². The number of methoxy groups -OCH3 is 1. The molecule has 0 aliphatic carbocycles. The van der Waals surface area contributed by atoms with E-state index in [1.165, 1.54) is 23.6 Å². The third-order valence-electron chi connectivity index (χ3n) is 3.29. The standard InChI is InChI=1S/C15H18N2O2S/c1-9(8-14(18)19-5)12-6-7-13(20-12)15-10(2)16-17(4)11(15)3/h6-8H,1-5H3/b9-8+. The average molecular weight is 290 g/mol. The van der Waals surface area contributed by atoms with Gasteiger partial charge in [0.2, 0.25) is 0 Å². The van der Waals surface area contributed by atoms with Gasteiger partial charge in [0.1, 0.15) is 0 Å². The number of carbonyl (C=O) groups is 1. The fourth-order valence-corrected chi connectivity index (χ4v) is 3.25. The number of ether oxygens (including phenoxy) is 1. The van der Waals surface area contributed by atoms with E-state index in [9.17, 15) is 4.79 Å². The van der Waals surface area contributed by atoms with E-state index >= 15 is 0 Å². The third-order valence-corrected chi connectivity index (χ3v) is 4.52. The van der Waals surface area contributed by atoms with E-state index in [2.05, 4.69) is 22.8 Å². The summed E-state index contributed by atoms with van der Waals surface area (Å²) in [6.45, 7) is 5.99. The van der Waals surface area contributed by atoms with E-state index < -0.39 is 0 Å². The summed E-state index contributed by atoms with van der Waals surface area (Å²) in [7, 11) is 3.33. The first kappa shape index (κ1) is 14.5. The van der Waals surface area contributed by atoms with E-state index in [4.69, 9.17) is 0 Å². The first-order chi connectivity index (χ1) is 9.43. The molecule has 0 N–H and O–H groups in total. The van der Waals surface area contributed by atoms with Crippen LogP contribution in [0.15, 0.2) is 18.2 Å². The molecule has 2 heterocycles. The summed E-state index contributed by atoms with van der Waals surface area (Å²) in [4.78, 5) is 13.5. The first-order valence-corrected chi connectivity index (χ1v) is 7.12. The lowest BCUT2D eigenvalue weighted by molar-refractivity contribution is -0.134. The van der Waals surface area contributed by atoms with Crippen molar-refractivity contribution in [1.29, 1.82) is 0 Å². The highest BCUT2D eigenvalue weighted by Gasteiger charge is 2.14. The Hall–Kier alpha value is -1.88. The van der Waals surface area contributed by atoms with Gasteiger partial charge >= 0.3 is 5.97 Å². The number of hydrogen-bond acceptors (Lipinski definition) is 4. The van der Waals surface area contributed by atoms with Gasteiger partial charge in [0, 0.05) is 34.1 Å². The summed E-state index contributed by atoms with van der Waals surface area (Å²) in [5.41, 5.74) is 4.25. The maximum Gasteiger partial charge on any atom is 0.330 e. The van der Waals surface area contributed by atoms with Crippen LogP contribution in [0, 0.1) is 13.8 Å². The van der Waals surface area contributed by atoms with Gasteiger partial charge in [0.05, 0.1) is 12.8 Å². The zero-order valence-corrected chi connectivity index (χ0v) is 13.2. The molecule has 0 amide bonds. The van der Waals surface area contributed by atoms with Crippen molar-refractivity contribution < 1.29 is 9.53 Å². The summed E-state index contributed by atoms with van der Waals surface area (Å²) in [6, 6.07) is 4.10. The van der Waals surface area contributed by atoms with Crippen molar-refractivity contribution in [2.75, 3.05) is 7.11 Å². The average Bonchev–Trinajstić information content (AvgIpc) is 2.96. The lowest BCUT2D eigenvalue weighted by Gasteiger charge is -1.99. The molecule has 0 aliphatic heterocycles. The molecule has 5 heteroatoms. The zero-order valence-electron chi connectivity index (χ0n) is 12.4. The van der Waals surface area contributed by atoms with Crippen molar-refractivity contribution in [3.63, 3.8) is 0 Å². The molecule has 2 aromatic heterocycles. The van der Waals surface area contributed by atoms with Crippen LogP contribution >= 0.6 is 11.3 Å². The Bertz CT molecular complexity index is 680. The highest BCUT2D eigenvalue weighted by Crippen LogP contribution is 2.35. The van der Waals surface area contributed by atoms with Crippen LogP contribution < -0.4 is 0 Å². The number of aryl methyl sites for hydroxylation is 2. The van der Waals surface area contributed by atoms with Crippen LogP contribution in [0.25, 0.3) is 16.0 Å². The molecule has 106 valence electrons. The van der Waals surface area contributed by atoms with Gasteiger partial charge in [0.15, 0.2) is 0 Å². The maximum absolute atomic E-state index is 11.3. The largest absolute Gasteiger partial charge is 0.466 e. The molecule has 0 aromatic carbocycles. The lowest BCUT2D eigenvalue weighted by atomic mass is 10.1. The number of hydrogen-bond donors (Lipinski definition) is 0. The Balaban J connectivity index is 2.39. The van der Waals surface area contributed by atoms with Gasteiger partial charge in [-0.25, -0.2) is 4.79 Å². The van der Waals surface area contributed by atoms with E-state index in [1.807, 2.05) is 31.6 Å². The molecule has 0 bridgehead atoms. The summed E-state index contributed by atoms with van der Waals surface area (Å²) >= 11 is 1.66. The van der Waals surface area contributed by atoms with Crippen molar-refractivity contribution in [1.82, 2.24) is 9.78 Å². The van der Waals surface area contributed by atoms with Crippen LogP contribution in [0.1, 0.15) is 23.2 Å². The fourth-order valence-electron chi connectivity index (χ4n) is 2.12. The SMILES string of the molecule is COC(=O)/C=C(\C)c1ccc(-c2c(C)nn(C)c2C)s1. The lowest BCUT2D eigenvalue weighted by Crippen LogP contribution is -1.94. The van der Waals surface area contributed by atoms with Crippen molar-refractivity contribution in [2.45, 2.75) is 20.8 Å². The molecule has 0 spiro atoms. The predicted octanol–water partition coefficient (Wildman–Crippen LogP) is 3.34. The van der Waals surface area contributed by atoms with E-state index in [1.54, 1.807) is 11.3 Å². The highest BCUT2D eigenvalue weighted by molar-refractivity contribution is 7.16. The smallest absolute Gasteiger partial charge is 0.330 e. The van der Waals surface area contributed by atoms with Crippen LogP contribution in [0.2, 0.25) is 0 Å². The molecular weight excluding hydrogens is 272 g/mol. The number of rotatable bonds is 3. The van der Waals surface area contributed by atoms with Crippen molar-refractivity contribution >= 4 is 22.9 Å². The number of allylic oxidation sites excluding steroid dienone is 1. The molecule has 0 unspecified atom stereocenters. The number of esters is 1. The second-order valence-corrected chi connectivity index (χ2v) is 5.77. The molecule has 4 nitrogen and oxygen atoms in total. The van der Waals surface area contributed by atoms with Crippen LogP contribution in [0.4, 0.5) is 0 Å². The van der Waals surface area contributed by atoms with Gasteiger partial charge < -0.3 is 4.74 Å². The van der Waals surface area contributed by atoms with Gasteiger partial charge in [-0.15, -0.1) is 11.3 Å². The molecule has 2 aromatic rings. The summed E-state index contributed by atoms with van der Waals surface area (Å²) in [5.74, 6) is -0.328. The zero-order chi connectivity index (χ0) is 14.9. The topological polar surface area (TPSA) is 44.1 Å². The van der Waals surface area contributed by atoms with E-state index in [0.717, 1.165) is 21.8 Å². The minimum absolute atomic E-state index is 0.328. The second-order valence-electron chi connectivity index (χ2n) is 4.68. The molecule has 0 saturated carbocycles. The fraction of sp³-hybridized carbons (Fsp3) is 0.333. The first-order valence-electron chi connectivity index (χ1n) is 6.31. The normalized spacial score (nSPS) is 11.8. The van der Waals surface area contributed by atoms with Gasteiger partial charge in [0.25, 0.3) is 0 Å². The molecule has 0 atom stereocenters. The summed E-state index contributed by atoms with van der Waals surface area (Å²) in [5, 5.41) is 4.44. The van der Waals surface area contributed by atoms with Crippen molar-refractivity contribution in [3.8, 4) is 10.4 Å². The molecule has 0 saturated heterocycles. The summed E-state index contributed by atoms with van der Waals surface area (Å²) in [6.07, 6.45) is 1.51. The van der Waals surface area contributed by atoms with Gasteiger partial charge in [-0.3, -0.25) is 4.68 Å². The summed E-state index contributed by atoms with van der Waals surface area (Å²) < 4.78 is 6.54. The van der Waals surface area contributed by atoms with Crippen LogP contribution in [-0.4, -0.2) is 22.9 Å². The molecule has 0 fully saturated rings. The van der Waals surface area contributed by atoms with Crippen molar-refractivity contribution in [3.05, 3.63) is 34.5 Å². The Morgan fingerprint density at radius 2 is 2.10 bits per heavy atom. The number of aromatic nitrogens is 2. The second kappa shape index (κ2) is 5.63. The van der Waals surface area contributed by atoms with Gasteiger partial charge in [-0.05, 0) is 38.5 Å². The maximum atomic E-state index is 11.3. The number of carbonyl (C=O) groups excluding carboxylic acids is 1. The number of nitrogens with zero attached hydrogens (tertiary/aromatic N) is 2. The Kier molecular flexibility index (Phi) is 4.09. The van der Waals surface area contributed by atoms with Crippen molar-refractivity contribution in [2.24, 2.45) is 7.05 Å². The molecular formula is C15H18N2O2S. The molecule has 0 radical (unpaired) electrons. The Labute approximate surface area is 122 Å².